The van der Waals surface area contributed by atoms with Crippen LogP contribution >= 0.6 is 0 Å². The lowest BCUT2D eigenvalue weighted by Crippen LogP contribution is -2.53. The first kappa shape index (κ1) is 17.9. The summed E-state index contributed by atoms with van der Waals surface area (Å²) in [5, 5.41) is 8.39. The monoisotopic (exact) mass is 333 g/mol. The summed E-state index contributed by atoms with van der Waals surface area (Å²) in [7, 11) is 1.25. The van der Waals surface area contributed by atoms with E-state index in [4.69, 9.17) is 0 Å². The summed E-state index contributed by atoms with van der Waals surface area (Å²) >= 11 is 0. The average Bonchev–Trinajstić information content (AvgIpc) is 3.14. The van der Waals surface area contributed by atoms with Crippen LogP contribution in [0.1, 0.15) is 18.4 Å². The molecule has 0 radical (unpaired) electrons. The van der Waals surface area contributed by atoms with E-state index in [1.165, 1.54) is 7.11 Å². The molecular formula is C17H23N3O4. The van der Waals surface area contributed by atoms with Crippen LogP contribution in [0.4, 0.5) is 0 Å². The predicted molar refractivity (Wildman–Crippen MR) is 88.1 cm³/mol. The summed E-state index contributed by atoms with van der Waals surface area (Å²) in [6.45, 7) is 0.578. The Balaban J connectivity index is 2.00. The molecule has 3 N–H and O–H groups in total. The lowest BCUT2D eigenvalue weighted by atomic mass is 10.0. The third-order valence-corrected chi connectivity index (χ3v) is 3.93. The second-order valence-corrected chi connectivity index (χ2v) is 5.69. The van der Waals surface area contributed by atoms with Crippen molar-refractivity contribution in [1.29, 1.82) is 0 Å². The number of esters is 1. The molecule has 1 aromatic carbocycles. The van der Waals surface area contributed by atoms with Gasteiger partial charge in [-0.15, -0.1) is 0 Å². The third kappa shape index (κ3) is 5.34. The molecule has 2 atom stereocenters. The number of carbonyl (C=O) groups excluding carboxylic acids is 3. The van der Waals surface area contributed by atoms with E-state index < -0.39 is 17.9 Å². The Morgan fingerprint density at radius 1 is 1.29 bits per heavy atom. The van der Waals surface area contributed by atoms with Crippen LogP contribution in [0, 0.1) is 0 Å². The van der Waals surface area contributed by atoms with E-state index in [1.807, 2.05) is 30.3 Å². The molecule has 24 heavy (non-hydrogen) atoms. The quantitative estimate of drug-likeness (QED) is 0.598. The molecule has 2 amide bonds. The van der Waals surface area contributed by atoms with Gasteiger partial charge in [0.15, 0.2) is 0 Å². The van der Waals surface area contributed by atoms with Crippen molar-refractivity contribution in [1.82, 2.24) is 16.0 Å². The number of benzene rings is 1. The second-order valence-electron chi connectivity index (χ2n) is 5.69. The molecule has 2 rings (SSSR count). The number of amides is 2. The molecule has 7 heteroatoms. The molecule has 1 heterocycles. The fourth-order valence-electron chi connectivity index (χ4n) is 2.59. The molecule has 130 valence electrons. The molecule has 1 fully saturated rings. The molecular weight excluding hydrogens is 310 g/mol. The fourth-order valence-corrected chi connectivity index (χ4v) is 2.59. The highest BCUT2D eigenvalue weighted by Crippen LogP contribution is 2.07. The van der Waals surface area contributed by atoms with Gasteiger partial charge in [-0.25, -0.2) is 0 Å². The highest BCUT2D eigenvalue weighted by Gasteiger charge is 2.27. The van der Waals surface area contributed by atoms with Crippen LogP contribution in [-0.4, -0.2) is 50.1 Å². The zero-order valence-electron chi connectivity index (χ0n) is 13.7. The lowest BCUT2D eigenvalue weighted by Gasteiger charge is -2.20. The van der Waals surface area contributed by atoms with Crippen molar-refractivity contribution < 1.29 is 19.1 Å². The number of carbonyl (C=O) groups is 3. The molecule has 0 aromatic heterocycles. The molecule has 0 bridgehead atoms. The zero-order chi connectivity index (χ0) is 17.4. The minimum Gasteiger partial charge on any atom is -0.468 e. The summed E-state index contributed by atoms with van der Waals surface area (Å²) < 4.78 is 4.51. The maximum Gasteiger partial charge on any atom is 0.325 e. The van der Waals surface area contributed by atoms with Gasteiger partial charge in [-0.3, -0.25) is 14.4 Å². The van der Waals surface area contributed by atoms with Gasteiger partial charge in [-0.05, 0) is 24.9 Å². The van der Waals surface area contributed by atoms with Gasteiger partial charge in [0.2, 0.25) is 11.8 Å². The van der Waals surface area contributed by atoms with Crippen LogP contribution in [0.5, 0.6) is 0 Å². The van der Waals surface area contributed by atoms with E-state index in [9.17, 15) is 14.4 Å². The van der Waals surface area contributed by atoms with Gasteiger partial charge < -0.3 is 20.7 Å². The molecule has 1 aliphatic heterocycles. The molecule has 1 unspecified atom stereocenters. The normalized spacial score (nSPS) is 17.8. The van der Waals surface area contributed by atoms with Crippen molar-refractivity contribution >= 4 is 17.8 Å². The van der Waals surface area contributed by atoms with Gasteiger partial charge in [0.05, 0.1) is 13.2 Å². The van der Waals surface area contributed by atoms with Crippen LogP contribution in [0.25, 0.3) is 0 Å². The van der Waals surface area contributed by atoms with Crippen LogP contribution in [0.15, 0.2) is 30.3 Å². The summed E-state index contributed by atoms with van der Waals surface area (Å²) in [5.41, 5.74) is 0.926. The zero-order valence-corrected chi connectivity index (χ0v) is 13.7. The Morgan fingerprint density at radius 2 is 2.04 bits per heavy atom. The molecule has 1 aliphatic rings. The first-order chi connectivity index (χ1) is 11.6. The Bertz CT molecular complexity index is 570. The van der Waals surface area contributed by atoms with Crippen LogP contribution in [-0.2, 0) is 25.5 Å². The van der Waals surface area contributed by atoms with Crippen LogP contribution in [0.2, 0.25) is 0 Å². The predicted octanol–water partition coefficient (Wildman–Crippen LogP) is -0.245. The van der Waals surface area contributed by atoms with Gasteiger partial charge in [0, 0.05) is 6.42 Å². The van der Waals surface area contributed by atoms with E-state index in [0.29, 0.717) is 6.42 Å². The maximum atomic E-state index is 12.4. The summed E-state index contributed by atoms with van der Waals surface area (Å²) in [6.07, 6.45) is 2.05. The first-order valence-corrected chi connectivity index (χ1v) is 8.02. The van der Waals surface area contributed by atoms with Crippen molar-refractivity contribution in [3.05, 3.63) is 35.9 Å². The number of nitrogens with one attached hydrogen (secondary N) is 3. The number of hydrogen-bond donors (Lipinski definition) is 3. The van der Waals surface area contributed by atoms with E-state index >= 15 is 0 Å². The van der Waals surface area contributed by atoms with Gasteiger partial charge in [-0.2, -0.15) is 0 Å². The average molecular weight is 333 g/mol. The van der Waals surface area contributed by atoms with Crippen molar-refractivity contribution in [2.45, 2.75) is 31.3 Å². The van der Waals surface area contributed by atoms with Gasteiger partial charge in [0.1, 0.15) is 12.6 Å². The van der Waals surface area contributed by atoms with Crippen LogP contribution < -0.4 is 16.0 Å². The smallest absolute Gasteiger partial charge is 0.325 e. The summed E-state index contributed by atoms with van der Waals surface area (Å²) in [5.74, 6) is -1.14. The summed E-state index contributed by atoms with van der Waals surface area (Å²) in [4.78, 5) is 35.9. The van der Waals surface area contributed by atoms with Gasteiger partial charge in [-0.1, -0.05) is 30.3 Å². The first-order valence-electron chi connectivity index (χ1n) is 8.02. The largest absolute Gasteiger partial charge is 0.468 e. The topological polar surface area (TPSA) is 96.5 Å². The molecule has 7 nitrogen and oxygen atoms in total. The third-order valence-electron chi connectivity index (χ3n) is 3.93. The number of hydrogen-bond acceptors (Lipinski definition) is 5. The second kappa shape index (κ2) is 9.02. The highest BCUT2D eigenvalue weighted by atomic mass is 16.5. The number of rotatable bonds is 7. The number of ether oxygens (including phenoxy) is 1. The Morgan fingerprint density at radius 3 is 2.67 bits per heavy atom. The minimum atomic E-state index is -0.744. The minimum absolute atomic E-state index is 0.193. The molecule has 0 spiro atoms. The maximum absolute atomic E-state index is 12.4. The Labute approximate surface area is 141 Å². The van der Waals surface area contributed by atoms with Crippen molar-refractivity contribution in [2.24, 2.45) is 0 Å². The SMILES string of the molecule is COC(=O)CNC(=O)C(Cc1ccccc1)NC(=O)[C@@H]1CCCN1. The van der Waals surface area contributed by atoms with Crippen molar-refractivity contribution in [3.63, 3.8) is 0 Å². The molecule has 1 aromatic rings. The molecule has 0 saturated carbocycles. The van der Waals surface area contributed by atoms with Crippen LogP contribution in [0.3, 0.4) is 0 Å². The summed E-state index contributed by atoms with van der Waals surface area (Å²) in [6, 6.07) is 8.40. The standard InChI is InChI=1S/C17H23N3O4/c1-24-15(21)11-19-16(22)14(10-12-6-3-2-4-7-12)20-17(23)13-8-5-9-18-13/h2-4,6-7,13-14,18H,5,8-11H2,1H3,(H,19,22)(H,20,23)/t13-,14?/m0/s1. The van der Waals surface area contributed by atoms with Gasteiger partial charge in [0.25, 0.3) is 0 Å². The van der Waals surface area contributed by atoms with E-state index in [1.54, 1.807) is 0 Å². The molecule has 1 saturated heterocycles. The fraction of sp³-hybridized carbons (Fsp3) is 0.471. The van der Waals surface area contributed by atoms with Crippen molar-refractivity contribution in [2.75, 3.05) is 20.2 Å². The van der Waals surface area contributed by atoms with E-state index in [2.05, 4.69) is 20.7 Å². The Hall–Kier alpha value is -2.41. The number of methoxy groups -OCH3 is 1. The van der Waals surface area contributed by atoms with E-state index in [0.717, 1.165) is 24.9 Å². The van der Waals surface area contributed by atoms with Gasteiger partial charge >= 0.3 is 5.97 Å². The highest BCUT2D eigenvalue weighted by molar-refractivity contribution is 5.91. The molecule has 0 aliphatic carbocycles. The Kier molecular flexibility index (Phi) is 6.74. The lowest BCUT2D eigenvalue weighted by molar-refractivity contribution is -0.141. The van der Waals surface area contributed by atoms with Crippen molar-refractivity contribution in [3.8, 4) is 0 Å². The van der Waals surface area contributed by atoms with E-state index in [-0.39, 0.29) is 18.5 Å².